The first-order chi connectivity index (χ1) is 7.46. The van der Waals surface area contributed by atoms with Gasteiger partial charge in [0.05, 0.1) is 14.2 Å². The van der Waals surface area contributed by atoms with Crippen molar-refractivity contribution in [1.29, 1.82) is 0 Å². The van der Waals surface area contributed by atoms with Gasteiger partial charge in [-0.15, -0.1) is 0 Å². The van der Waals surface area contributed by atoms with E-state index in [9.17, 15) is 0 Å². The minimum atomic E-state index is -1.39. The van der Waals surface area contributed by atoms with Crippen molar-refractivity contribution < 1.29 is 9.47 Å². The lowest BCUT2D eigenvalue weighted by atomic mass is 10.2. The predicted molar refractivity (Wildman–Crippen MR) is 70.5 cm³/mol. The molecule has 0 atom stereocenters. The van der Waals surface area contributed by atoms with Gasteiger partial charge in [0, 0.05) is 6.21 Å². The van der Waals surface area contributed by atoms with Gasteiger partial charge in [0.1, 0.15) is 0 Å². The average Bonchev–Trinajstić information content (AvgIpc) is 2.25. The standard InChI is InChI=1S/C12H19NO2Si/c1-14-11-7-6-10(8-12(11)15-2)9-13-16(3,4)5/h6-9H,1-5H3/b13-9+. The predicted octanol–water partition coefficient (Wildman–Crippen LogP) is 2.96. The molecule has 4 heteroatoms. The second kappa shape index (κ2) is 5.16. The van der Waals surface area contributed by atoms with Crippen LogP contribution < -0.4 is 9.47 Å². The van der Waals surface area contributed by atoms with Crippen LogP contribution in [0.2, 0.25) is 19.6 Å². The van der Waals surface area contributed by atoms with Crippen LogP contribution in [0.25, 0.3) is 0 Å². The Morgan fingerprint density at radius 2 is 1.69 bits per heavy atom. The van der Waals surface area contributed by atoms with E-state index in [0.717, 1.165) is 17.1 Å². The first kappa shape index (κ1) is 12.8. The highest BCUT2D eigenvalue weighted by atomic mass is 28.3. The van der Waals surface area contributed by atoms with Crippen LogP contribution in [-0.4, -0.2) is 28.7 Å². The van der Waals surface area contributed by atoms with Crippen LogP contribution in [-0.2, 0) is 0 Å². The number of ether oxygens (including phenoxy) is 2. The summed E-state index contributed by atoms with van der Waals surface area (Å²) in [6.45, 7) is 6.60. The zero-order chi connectivity index (χ0) is 12.2. The van der Waals surface area contributed by atoms with Gasteiger partial charge in [-0.3, -0.25) is 0 Å². The molecule has 1 aromatic rings. The molecule has 0 fully saturated rings. The summed E-state index contributed by atoms with van der Waals surface area (Å²) in [7, 11) is 1.88. The summed E-state index contributed by atoms with van der Waals surface area (Å²) < 4.78 is 15.0. The van der Waals surface area contributed by atoms with Gasteiger partial charge in [0.2, 0.25) is 0 Å². The molecule has 0 unspecified atom stereocenters. The highest BCUT2D eigenvalue weighted by Crippen LogP contribution is 2.26. The van der Waals surface area contributed by atoms with Gasteiger partial charge in [-0.25, -0.2) is 0 Å². The Balaban J connectivity index is 2.96. The monoisotopic (exact) mass is 237 g/mol. The fourth-order valence-corrected chi connectivity index (χ4v) is 1.74. The van der Waals surface area contributed by atoms with E-state index in [2.05, 4.69) is 24.3 Å². The van der Waals surface area contributed by atoms with E-state index in [1.54, 1.807) is 14.2 Å². The number of benzene rings is 1. The molecule has 0 aliphatic rings. The first-order valence-electron chi connectivity index (χ1n) is 5.23. The smallest absolute Gasteiger partial charge is 0.172 e. The molecule has 1 aromatic carbocycles. The van der Waals surface area contributed by atoms with Crippen molar-refractivity contribution in [3.63, 3.8) is 0 Å². The van der Waals surface area contributed by atoms with Gasteiger partial charge in [-0.1, -0.05) is 0 Å². The molecule has 0 aliphatic heterocycles. The maximum atomic E-state index is 5.23. The fourth-order valence-electron chi connectivity index (χ4n) is 1.20. The van der Waals surface area contributed by atoms with Crippen molar-refractivity contribution in [2.75, 3.05) is 14.2 Å². The third-order valence-electron chi connectivity index (χ3n) is 2.01. The summed E-state index contributed by atoms with van der Waals surface area (Å²) in [6.07, 6.45) is 1.91. The number of methoxy groups -OCH3 is 2. The molecular formula is C12H19NO2Si. The third-order valence-corrected chi connectivity index (χ3v) is 2.91. The van der Waals surface area contributed by atoms with Crippen molar-refractivity contribution in [3.05, 3.63) is 23.8 Å². The van der Waals surface area contributed by atoms with Crippen LogP contribution in [0.3, 0.4) is 0 Å². The van der Waals surface area contributed by atoms with Crippen LogP contribution in [0, 0.1) is 0 Å². The molecule has 0 aromatic heterocycles. The SMILES string of the molecule is COc1ccc(/C=N/[Si](C)(C)C)cc1OC. The summed E-state index contributed by atoms with van der Waals surface area (Å²) in [5.74, 6) is 1.48. The Morgan fingerprint density at radius 1 is 1.06 bits per heavy atom. The van der Waals surface area contributed by atoms with Crippen molar-refractivity contribution in [2.24, 2.45) is 4.66 Å². The number of nitrogens with zero attached hydrogens (tertiary/aromatic N) is 1. The lowest BCUT2D eigenvalue weighted by Gasteiger charge is -2.09. The zero-order valence-electron chi connectivity index (χ0n) is 10.6. The van der Waals surface area contributed by atoms with E-state index in [0.29, 0.717) is 0 Å². The molecule has 3 nitrogen and oxygen atoms in total. The minimum Gasteiger partial charge on any atom is -0.493 e. The van der Waals surface area contributed by atoms with E-state index < -0.39 is 8.24 Å². The number of hydrogen-bond acceptors (Lipinski definition) is 3. The third kappa shape index (κ3) is 3.70. The highest BCUT2D eigenvalue weighted by molar-refractivity contribution is 6.75. The van der Waals surface area contributed by atoms with Gasteiger partial charge >= 0.3 is 0 Å². The van der Waals surface area contributed by atoms with Crippen LogP contribution in [0.4, 0.5) is 0 Å². The molecule has 0 N–H and O–H groups in total. The molecule has 0 spiro atoms. The average molecular weight is 237 g/mol. The van der Waals surface area contributed by atoms with Crippen LogP contribution in [0.15, 0.2) is 22.9 Å². The largest absolute Gasteiger partial charge is 0.493 e. The van der Waals surface area contributed by atoms with Crippen molar-refractivity contribution in [2.45, 2.75) is 19.6 Å². The van der Waals surface area contributed by atoms with E-state index in [-0.39, 0.29) is 0 Å². The highest BCUT2D eigenvalue weighted by Gasteiger charge is 2.09. The molecule has 0 aliphatic carbocycles. The van der Waals surface area contributed by atoms with Gasteiger partial charge in [0.25, 0.3) is 0 Å². The molecule has 88 valence electrons. The van der Waals surface area contributed by atoms with E-state index in [1.165, 1.54) is 0 Å². The Morgan fingerprint density at radius 3 is 2.19 bits per heavy atom. The zero-order valence-corrected chi connectivity index (χ0v) is 11.6. The summed E-state index contributed by atoms with van der Waals surface area (Å²) in [6, 6.07) is 5.80. The van der Waals surface area contributed by atoms with Crippen LogP contribution >= 0.6 is 0 Å². The quantitative estimate of drug-likeness (QED) is 0.595. The first-order valence-corrected chi connectivity index (χ1v) is 8.68. The topological polar surface area (TPSA) is 30.8 Å². The van der Waals surface area contributed by atoms with Crippen LogP contribution in [0.1, 0.15) is 5.56 Å². The Hall–Kier alpha value is -1.29. The normalized spacial score (nSPS) is 11.8. The van der Waals surface area contributed by atoms with E-state index in [1.807, 2.05) is 24.4 Å². The van der Waals surface area contributed by atoms with E-state index in [4.69, 9.17) is 9.47 Å². The number of rotatable bonds is 4. The second-order valence-electron chi connectivity index (χ2n) is 4.54. The van der Waals surface area contributed by atoms with Crippen molar-refractivity contribution in [3.8, 4) is 11.5 Å². The van der Waals surface area contributed by atoms with Gasteiger partial charge in [-0.05, 0) is 43.4 Å². The Bertz CT molecular complexity index is 383. The lowest BCUT2D eigenvalue weighted by molar-refractivity contribution is 0.355. The lowest BCUT2D eigenvalue weighted by Crippen LogP contribution is -2.16. The molecule has 0 heterocycles. The van der Waals surface area contributed by atoms with Gasteiger partial charge in [0.15, 0.2) is 19.7 Å². The maximum Gasteiger partial charge on any atom is 0.172 e. The molecular weight excluding hydrogens is 218 g/mol. The van der Waals surface area contributed by atoms with E-state index >= 15 is 0 Å². The minimum absolute atomic E-state index is 0.738. The molecule has 0 amide bonds. The van der Waals surface area contributed by atoms with Gasteiger partial charge < -0.3 is 14.1 Å². The molecule has 0 bridgehead atoms. The molecule has 0 radical (unpaired) electrons. The van der Waals surface area contributed by atoms with Crippen molar-refractivity contribution in [1.82, 2.24) is 0 Å². The Kier molecular flexibility index (Phi) is 4.12. The second-order valence-corrected chi connectivity index (χ2v) is 9.14. The molecule has 0 saturated carbocycles. The molecule has 1 rings (SSSR count). The van der Waals surface area contributed by atoms with Gasteiger partial charge in [-0.2, -0.15) is 0 Å². The Labute approximate surface area is 98.2 Å². The summed E-state index contributed by atoms with van der Waals surface area (Å²) >= 11 is 0. The summed E-state index contributed by atoms with van der Waals surface area (Å²) in [5, 5.41) is 0. The maximum absolute atomic E-state index is 5.23. The molecule has 16 heavy (non-hydrogen) atoms. The molecule has 0 saturated heterocycles. The number of hydrogen-bond donors (Lipinski definition) is 0. The van der Waals surface area contributed by atoms with Crippen molar-refractivity contribution >= 4 is 14.5 Å². The summed E-state index contributed by atoms with van der Waals surface area (Å²) in [5.41, 5.74) is 1.04. The van der Waals surface area contributed by atoms with Crippen LogP contribution in [0.5, 0.6) is 11.5 Å². The summed E-state index contributed by atoms with van der Waals surface area (Å²) in [4.78, 5) is 0. The fraction of sp³-hybridized carbons (Fsp3) is 0.417.